The van der Waals surface area contributed by atoms with Gasteiger partial charge in [-0.1, -0.05) is 0 Å². The minimum atomic E-state index is -0.287. The van der Waals surface area contributed by atoms with Gasteiger partial charge in [-0.2, -0.15) is 0 Å². The van der Waals surface area contributed by atoms with Gasteiger partial charge in [-0.05, 0) is 25.2 Å². The van der Waals surface area contributed by atoms with E-state index in [9.17, 15) is 4.39 Å². The number of aromatic nitrogens is 2. The van der Waals surface area contributed by atoms with Crippen LogP contribution >= 0.6 is 0 Å². The molecule has 0 spiro atoms. The molecule has 6 heteroatoms. The molecule has 5 nitrogen and oxygen atoms in total. The molecule has 1 aliphatic rings. The Labute approximate surface area is 122 Å². The molecular formula is C15H16FN3O2. The van der Waals surface area contributed by atoms with Crippen LogP contribution < -0.4 is 4.74 Å². The molecule has 1 aromatic heterocycles. The number of likely N-dealkylation sites (N-methyl/N-ethyl adjacent to an activating group) is 1. The van der Waals surface area contributed by atoms with Crippen LogP contribution in [0.1, 0.15) is 11.7 Å². The number of halogens is 1. The molecule has 0 amide bonds. The van der Waals surface area contributed by atoms with E-state index in [1.807, 2.05) is 7.05 Å². The Bertz CT molecular complexity index is 609. The summed E-state index contributed by atoms with van der Waals surface area (Å²) in [5.41, 5.74) is 0.508. The maximum absolute atomic E-state index is 14.0. The summed E-state index contributed by atoms with van der Waals surface area (Å²) in [6.45, 7) is 2.11. The third-order valence-electron chi connectivity index (χ3n) is 3.36. The molecule has 1 aromatic carbocycles. The van der Waals surface area contributed by atoms with Crippen molar-refractivity contribution in [1.29, 1.82) is 0 Å². The molecule has 21 heavy (non-hydrogen) atoms. The zero-order valence-electron chi connectivity index (χ0n) is 11.7. The number of benzene rings is 1. The van der Waals surface area contributed by atoms with Crippen LogP contribution in [0, 0.1) is 5.82 Å². The SMILES string of the molecule is CN1CCO[C@H](c2cc(Oc3ccncn3)ccc2F)C1. The summed E-state index contributed by atoms with van der Waals surface area (Å²) >= 11 is 0. The highest BCUT2D eigenvalue weighted by atomic mass is 19.1. The lowest BCUT2D eigenvalue weighted by Crippen LogP contribution is -2.35. The van der Waals surface area contributed by atoms with E-state index in [2.05, 4.69) is 14.9 Å². The van der Waals surface area contributed by atoms with Crippen molar-refractivity contribution in [2.45, 2.75) is 6.10 Å². The zero-order chi connectivity index (χ0) is 14.7. The molecule has 0 radical (unpaired) electrons. The topological polar surface area (TPSA) is 47.5 Å². The Kier molecular flexibility index (Phi) is 4.08. The first kappa shape index (κ1) is 13.9. The van der Waals surface area contributed by atoms with E-state index < -0.39 is 0 Å². The highest BCUT2D eigenvalue weighted by molar-refractivity contribution is 5.34. The summed E-state index contributed by atoms with van der Waals surface area (Å²) in [4.78, 5) is 9.92. The van der Waals surface area contributed by atoms with Crippen LogP contribution in [0.5, 0.6) is 11.6 Å². The normalized spacial score (nSPS) is 19.4. The van der Waals surface area contributed by atoms with Crippen LogP contribution in [-0.2, 0) is 4.74 Å². The maximum atomic E-state index is 14.0. The second-order valence-electron chi connectivity index (χ2n) is 4.95. The fraction of sp³-hybridized carbons (Fsp3) is 0.333. The number of hydrogen-bond donors (Lipinski definition) is 0. The molecule has 0 unspecified atom stereocenters. The van der Waals surface area contributed by atoms with Crippen molar-refractivity contribution in [1.82, 2.24) is 14.9 Å². The average Bonchev–Trinajstić information content (AvgIpc) is 2.50. The van der Waals surface area contributed by atoms with Gasteiger partial charge in [0, 0.05) is 30.9 Å². The second-order valence-corrected chi connectivity index (χ2v) is 4.95. The highest BCUT2D eigenvalue weighted by Gasteiger charge is 2.23. The first-order valence-corrected chi connectivity index (χ1v) is 6.76. The minimum Gasteiger partial charge on any atom is -0.439 e. The molecule has 1 atom stereocenters. The third-order valence-corrected chi connectivity index (χ3v) is 3.36. The predicted molar refractivity (Wildman–Crippen MR) is 74.7 cm³/mol. The fourth-order valence-corrected chi connectivity index (χ4v) is 2.26. The van der Waals surface area contributed by atoms with Gasteiger partial charge < -0.3 is 14.4 Å². The predicted octanol–water partition coefficient (Wildman–Crippen LogP) is 2.41. The summed E-state index contributed by atoms with van der Waals surface area (Å²) in [5, 5.41) is 0. The fourth-order valence-electron chi connectivity index (χ4n) is 2.26. The first-order chi connectivity index (χ1) is 10.2. The standard InChI is InChI=1S/C15H16FN3O2/c1-19-6-7-20-14(9-19)12-8-11(2-3-13(12)16)21-15-4-5-17-10-18-15/h2-5,8,10,14H,6-7,9H2,1H3/t14-/m0/s1. The average molecular weight is 289 g/mol. The van der Waals surface area contributed by atoms with Crippen LogP contribution in [0.4, 0.5) is 4.39 Å². The van der Waals surface area contributed by atoms with Crippen LogP contribution in [-0.4, -0.2) is 41.6 Å². The van der Waals surface area contributed by atoms with Gasteiger partial charge in [0.15, 0.2) is 0 Å². The third kappa shape index (κ3) is 3.34. The second kappa shape index (κ2) is 6.15. The van der Waals surface area contributed by atoms with Crippen LogP contribution in [0.15, 0.2) is 36.8 Å². The Morgan fingerprint density at radius 1 is 1.38 bits per heavy atom. The number of ether oxygens (including phenoxy) is 2. The number of rotatable bonds is 3. The monoisotopic (exact) mass is 289 g/mol. The van der Waals surface area contributed by atoms with Crippen molar-refractivity contribution >= 4 is 0 Å². The molecule has 1 saturated heterocycles. The van der Waals surface area contributed by atoms with E-state index in [0.717, 1.165) is 6.54 Å². The van der Waals surface area contributed by atoms with E-state index in [0.29, 0.717) is 30.3 Å². The molecule has 3 rings (SSSR count). The van der Waals surface area contributed by atoms with E-state index in [4.69, 9.17) is 9.47 Å². The van der Waals surface area contributed by atoms with E-state index in [-0.39, 0.29) is 11.9 Å². The summed E-state index contributed by atoms with van der Waals surface area (Å²) in [6, 6.07) is 6.28. The van der Waals surface area contributed by atoms with Gasteiger partial charge in [-0.25, -0.2) is 14.4 Å². The Hall–Kier alpha value is -2.05. The van der Waals surface area contributed by atoms with Gasteiger partial charge in [-0.3, -0.25) is 0 Å². The molecule has 1 fully saturated rings. The summed E-state index contributed by atoms with van der Waals surface area (Å²) < 4.78 is 25.3. The van der Waals surface area contributed by atoms with Gasteiger partial charge >= 0.3 is 0 Å². The largest absolute Gasteiger partial charge is 0.439 e. The smallest absolute Gasteiger partial charge is 0.222 e. The summed E-state index contributed by atoms with van der Waals surface area (Å²) in [5.74, 6) is 0.663. The summed E-state index contributed by atoms with van der Waals surface area (Å²) in [7, 11) is 1.99. The first-order valence-electron chi connectivity index (χ1n) is 6.76. The Balaban J connectivity index is 1.82. The minimum absolute atomic E-state index is 0.280. The molecular weight excluding hydrogens is 273 g/mol. The van der Waals surface area contributed by atoms with Crippen LogP contribution in [0.25, 0.3) is 0 Å². The van der Waals surface area contributed by atoms with Gasteiger partial charge in [0.05, 0.1) is 12.7 Å². The number of nitrogens with zero attached hydrogens (tertiary/aromatic N) is 3. The van der Waals surface area contributed by atoms with Gasteiger partial charge in [-0.15, -0.1) is 0 Å². The van der Waals surface area contributed by atoms with Gasteiger partial charge in [0.25, 0.3) is 0 Å². The van der Waals surface area contributed by atoms with Crippen LogP contribution in [0.2, 0.25) is 0 Å². The van der Waals surface area contributed by atoms with Crippen molar-refractivity contribution in [2.24, 2.45) is 0 Å². The molecule has 1 aliphatic heterocycles. The lowest BCUT2D eigenvalue weighted by Gasteiger charge is -2.30. The molecule has 0 bridgehead atoms. The molecule has 2 heterocycles. The van der Waals surface area contributed by atoms with E-state index >= 15 is 0 Å². The maximum Gasteiger partial charge on any atom is 0.222 e. The summed E-state index contributed by atoms with van der Waals surface area (Å²) in [6.07, 6.45) is 2.71. The molecule has 0 aliphatic carbocycles. The van der Waals surface area contributed by atoms with Crippen molar-refractivity contribution in [2.75, 3.05) is 26.7 Å². The van der Waals surface area contributed by atoms with Crippen molar-refractivity contribution in [3.63, 3.8) is 0 Å². The quantitative estimate of drug-likeness (QED) is 0.868. The van der Waals surface area contributed by atoms with E-state index in [1.165, 1.54) is 12.4 Å². The van der Waals surface area contributed by atoms with E-state index in [1.54, 1.807) is 24.4 Å². The molecule has 0 saturated carbocycles. The molecule has 110 valence electrons. The lowest BCUT2D eigenvalue weighted by molar-refractivity contribution is -0.0226. The Morgan fingerprint density at radius 3 is 3.05 bits per heavy atom. The van der Waals surface area contributed by atoms with Crippen molar-refractivity contribution in [3.8, 4) is 11.6 Å². The van der Waals surface area contributed by atoms with Gasteiger partial charge in [0.1, 0.15) is 17.9 Å². The lowest BCUT2D eigenvalue weighted by atomic mass is 10.1. The molecule has 2 aromatic rings. The van der Waals surface area contributed by atoms with Crippen LogP contribution in [0.3, 0.4) is 0 Å². The van der Waals surface area contributed by atoms with Crippen molar-refractivity contribution in [3.05, 3.63) is 48.2 Å². The zero-order valence-corrected chi connectivity index (χ0v) is 11.7. The highest BCUT2D eigenvalue weighted by Crippen LogP contribution is 2.29. The van der Waals surface area contributed by atoms with Crippen molar-refractivity contribution < 1.29 is 13.9 Å². The number of morpholine rings is 1. The van der Waals surface area contributed by atoms with Gasteiger partial charge in [0.2, 0.25) is 5.88 Å². The number of hydrogen-bond acceptors (Lipinski definition) is 5. The Morgan fingerprint density at radius 2 is 2.29 bits per heavy atom. The molecule has 0 N–H and O–H groups in total.